The van der Waals surface area contributed by atoms with Gasteiger partial charge < -0.3 is 16.2 Å². The first kappa shape index (κ1) is 13.5. The highest BCUT2D eigenvalue weighted by Crippen LogP contribution is 2.24. The van der Waals surface area contributed by atoms with Crippen molar-refractivity contribution in [1.29, 1.82) is 0 Å². The van der Waals surface area contributed by atoms with Crippen molar-refractivity contribution in [2.45, 2.75) is 39.2 Å². The maximum Gasteiger partial charge on any atom is 0.224 e. The number of carbonyl (C=O) groups is 1. The van der Waals surface area contributed by atoms with Gasteiger partial charge in [0.05, 0.1) is 5.69 Å². The molecule has 4 nitrogen and oxygen atoms in total. The second kappa shape index (κ2) is 6.25. The second-order valence-corrected chi connectivity index (χ2v) is 4.27. The number of carbonyl (C=O) groups excluding carboxylic acids is 1. The van der Waals surface area contributed by atoms with Gasteiger partial charge in [0.25, 0.3) is 0 Å². The number of hydrogen-bond acceptors (Lipinski definition) is 3. The summed E-state index contributed by atoms with van der Waals surface area (Å²) in [6.07, 6.45) is 1.87. The molecule has 0 radical (unpaired) electrons. The minimum Gasteiger partial charge on any atom is -0.506 e. The van der Waals surface area contributed by atoms with Gasteiger partial charge in [0, 0.05) is 12.5 Å². The SMILES string of the molecule is CCc1ccc(O)c(NC(=O)CCC(C)N)c1. The first-order valence-electron chi connectivity index (χ1n) is 5.90. The van der Waals surface area contributed by atoms with Crippen LogP contribution in [0.1, 0.15) is 32.3 Å². The Morgan fingerprint density at radius 2 is 2.24 bits per heavy atom. The molecule has 0 aliphatic heterocycles. The molecule has 94 valence electrons. The molecule has 1 atom stereocenters. The van der Waals surface area contributed by atoms with Gasteiger partial charge in [0.15, 0.2) is 0 Å². The molecule has 1 aromatic carbocycles. The number of anilines is 1. The number of amides is 1. The quantitative estimate of drug-likeness (QED) is 0.685. The first-order chi connectivity index (χ1) is 8.02. The molecular formula is C13H20N2O2. The Bertz CT molecular complexity index is 389. The number of aryl methyl sites for hydroxylation is 1. The van der Waals surface area contributed by atoms with Crippen molar-refractivity contribution in [3.8, 4) is 5.75 Å². The monoisotopic (exact) mass is 236 g/mol. The average Bonchev–Trinajstić information content (AvgIpc) is 2.29. The summed E-state index contributed by atoms with van der Waals surface area (Å²) in [7, 11) is 0. The summed E-state index contributed by atoms with van der Waals surface area (Å²) in [5.74, 6) is -0.0257. The van der Waals surface area contributed by atoms with Crippen molar-refractivity contribution < 1.29 is 9.90 Å². The molecular weight excluding hydrogens is 216 g/mol. The fraction of sp³-hybridized carbons (Fsp3) is 0.462. The van der Waals surface area contributed by atoms with Gasteiger partial charge in [-0.15, -0.1) is 0 Å². The van der Waals surface area contributed by atoms with E-state index in [0.717, 1.165) is 12.0 Å². The number of nitrogens with two attached hydrogens (primary N) is 1. The summed E-state index contributed by atoms with van der Waals surface area (Å²) in [6.45, 7) is 3.89. The largest absolute Gasteiger partial charge is 0.506 e. The van der Waals surface area contributed by atoms with Gasteiger partial charge in [0.1, 0.15) is 5.75 Å². The van der Waals surface area contributed by atoms with Crippen LogP contribution in [-0.4, -0.2) is 17.1 Å². The van der Waals surface area contributed by atoms with E-state index in [1.807, 2.05) is 19.9 Å². The van der Waals surface area contributed by atoms with Gasteiger partial charge in [0.2, 0.25) is 5.91 Å². The van der Waals surface area contributed by atoms with Crippen LogP contribution < -0.4 is 11.1 Å². The number of aromatic hydroxyl groups is 1. The van der Waals surface area contributed by atoms with Crippen molar-refractivity contribution in [3.05, 3.63) is 23.8 Å². The molecule has 4 heteroatoms. The molecule has 0 saturated carbocycles. The van der Waals surface area contributed by atoms with E-state index in [1.54, 1.807) is 12.1 Å². The molecule has 0 aliphatic rings. The molecule has 0 spiro atoms. The molecule has 4 N–H and O–H groups in total. The van der Waals surface area contributed by atoms with E-state index in [4.69, 9.17) is 5.73 Å². The molecule has 0 saturated heterocycles. The van der Waals surface area contributed by atoms with Gasteiger partial charge in [-0.05, 0) is 37.5 Å². The zero-order valence-corrected chi connectivity index (χ0v) is 10.4. The van der Waals surface area contributed by atoms with Crippen LogP contribution in [-0.2, 0) is 11.2 Å². The topological polar surface area (TPSA) is 75.3 Å². The van der Waals surface area contributed by atoms with Crippen LogP contribution in [0.3, 0.4) is 0 Å². The van der Waals surface area contributed by atoms with Gasteiger partial charge in [-0.2, -0.15) is 0 Å². The third-order valence-electron chi connectivity index (χ3n) is 2.57. The van der Waals surface area contributed by atoms with Crippen molar-refractivity contribution >= 4 is 11.6 Å². The van der Waals surface area contributed by atoms with Crippen LogP contribution in [0.2, 0.25) is 0 Å². The van der Waals surface area contributed by atoms with Crippen LogP contribution in [0.4, 0.5) is 5.69 Å². The molecule has 0 aromatic heterocycles. The third kappa shape index (κ3) is 4.44. The minimum atomic E-state index is -0.120. The van der Waals surface area contributed by atoms with E-state index < -0.39 is 0 Å². The van der Waals surface area contributed by atoms with Crippen LogP contribution in [0.5, 0.6) is 5.75 Å². The van der Waals surface area contributed by atoms with Crippen molar-refractivity contribution in [2.24, 2.45) is 5.73 Å². The molecule has 1 rings (SSSR count). The van der Waals surface area contributed by atoms with Crippen LogP contribution in [0.15, 0.2) is 18.2 Å². The molecule has 0 heterocycles. The molecule has 0 aliphatic carbocycles. The molecule has 1 unspecified atom stereocenters. The standard InChI is InChI=1S/C13H20N2O2/c1-3-10-5-6-12(16)11(8-10)15-13(17)7-4-9(2)14/h5-6,8-9,16H,3-4,7,14H2,1-2H3,(H,15,17). The lowest BCUT2D eigenvalue weighted by atomic mass is 10.1. The van der Waals surface area contributed by atoms with E-state index in [0.29, 0.717) is 18.5 Å². The highest BCUT2D eigenvalue weighted by atomic mass is 16.3. The predicted octanol–water partition coefficient (Wildman–Crippen LogP) is 2.02. The third-order valence-corrected chi connectivity index (χ3v) is 2.57. The Morgan fingerprint density at radius 3 is 2.82 bits per heavy atom. The van der Waals surface area contributed by atoms with Crippen LogP contribution in [0.25, 0.3) is 0 Å². The number of phenols is 1. The zero-order chi connectivity index (χ0) is 12.8. The highest BCUT2D eigenvalue weighted by molar-refractivity contribution is 5.92. The molecule has 0 bridgehead atoms. The number of rotatable bonds is 5. The van der Waals surface area contributed by atoms with E-state index >= 15 is 0 Å². The van der Waals surface area contributed by atoms with E-state index in [2.05, 4.69) is 5.32 Å². The second-order valence-electron chi connectivity index (χ2n) is 4.27. The Hall–Kier alpha value is -1.55. The van der Waals surface area contributed by atoms with E-state index in [9.17, 15) is 9.90 Å². The lowest BCUT2D eigenvalue weighted by Crippen LogP contribution is -2.19. The molecule has 1 amide bonds. The Labute approximate surface area is 102 Å². The number of hydrogen-bond donors (Lipinski definition) is 3. The van der Waals surface area contributed by atoms with Gasteiger partial charge in [-0.3, -0.25) is 4.79 Å². The summed E-state index contributed by atoms with van der Waals surface area (Å²) < 4.78 is 0. The molecule has 1 aromatic rings. The Balaban J connectivity index is 2.64. The lowest BCUT2D eigenvalue weighted by Gasteiger charge is -2.09. The fourth-order valence-electron chi connectivity index (χ4n) is 1.47. The fourth-order valence-corrected chi connectivity index (χ4v) is 1.47. The van der Waals surface area contributed by atoms with Gasteiger partial charge in [-0.25, -0.2) is 0 Å². The normalized spacial score (nSPS) is 12.2. The van der Waals surface area contributed by atoms with Gasteiger partial charge >= 0.3 is 0 Å². The predicted molar refractivity (Wildman–Crippen MR) is 69.0 cm³/mol. The first-order valence-corrected chi connectivity index (χ1v) is 5.90. The summed E-state index contributed by atoms with van der Waals surface area (Å²) in [5, 5.41) is 12.3. The van der Waals surface area contributed by atoms with Crippen LogP contribution >= 0.6 is 0 Å². The van der Waals surface area contributed by atoms with E-state index in [1.165, 1.54) is 0 Å². The average molecular weight is 236 g/mol. The number of phenolic OH excluding ortho intramolecular Hbond substituents is 1. The van der Waals surface area contributed by atoms with Gasteiger partial charge in [-0.1, -0.05) is 13.0 Å². The maximum atomic E-state index is 11.6. The summed E-state index contributed by atoms with van der Waals surface area (Å²) >= 11 is 0. The number of benzene rings is 1. The summed E-state index contributed by atoms with van der Waals surface area (Å²) in [6, 6.07) is 5.24. The maximum absolute atomic E-state index is 11.6. The van der Waals surface area contributed by atoms with Crippen LogP contribution in [0, 0.1) is 0 Å². The molecule has 17 heavy (non-hydrogen) atoms. The Kier molecular flexibility index (Phi) is 4.97. The highest BCUT2D eigenvalue weighted by Gasteiger charge is 2.07. The lowest BCUT2D eigenvalue weighted by molar-refractivity contribution is -0.116. The molecule has 0 fully saturated rings. The number of nitrogens with one attached hydrogen (secondary N) is 1. The van der Waals surface area contributed by atoms with Crippen molar-refractivity contribution in [2.75, 3.05) is 5.32 Å². The minimum absolute atomic E-state index is 0.0105. The zero-order valence-electron chi connectivity index (χ0n) is 10.4. The Morgan fingerprint density at radius 1 is 1.53 bits per heavy atom. The summed E-state index contributed by atoms with van der Waals surface area (Å²) in [4.78, 5) is 11.6. The van der Waals surface area contributed by atoms with Crippen molar-refractivity contribution in [3.63, 3.8) is 0 Å². The van der Waals surface area contributed by atoms with E-state index in [-0.39, 0.29) is 17.7 Å². The smallest absolute Gasteiger partial charge is 0.224 e. The van der Waals surface area contributed by atoms with Crippen molar-refractivity contribution in [1.82, 2.24) is 0 Å². The summed E-state index contributed by atoms with van der Waals surface area (Å²) in [5.41, 5.74) is 7.13.